The molecule has 4 fully saturated rings. The number of ether oxygens (including phenoxy) is 1. The number of rotatable bonds is 5. The molecule has 3 saturated carbocycles. The third-order valence-electron chi connectivity index (χ3n) is 5.54. The van der Waals surface area contributed by atoms with Crippen LogP contribution in [0, 0.1) is 5.41 Å². The molecule has 28 heavy (non-hydrogen) atoms. The minimum Gasteiger partial charge on any atom is -0.379 e. The van der Waals surface area contributed by atoms with Crippen LogP contribution in [-0.2, 0) is 10.9 Å². The van der Waals surface area contributed by atoms with E-state index in [-0.39, 0.29) is 35.8 Å². The van der Waals surface area contributed by atoms with Gasteiger partial charge in [-0.25, -0.2) is 0 Å². The van der Waals surface area contributed by atoms with Crippen molar-refractivity contribution in [2.45, 2.75) is 42.4 Å². The summed E-state index contributed by atoms with van der Waals surface area (Å²) in [6, 6.07) is 2.74. The predicted molar refractivity (Wildman–Crippen MR) is 89.8 cm³/mol. The zero-order valence-electron chi connectivity index (χ0n) is 14.3. The number of benzene rings is 1. The lowest BCUT2D eigenvalue weighted by Crippen LogP contribution is -2.78. The van der Waals surface area contributed by atoms with Crippen molar-refractivity contribution in [2.75, 3.05) is 17.9 Å². The van der Waals surface area contributed by atoms with E-state index in [9.17, 15) is 31.1 Å². The maximum atomic E-state index is 13.0. The molecule has 3 aliphatic carbocycles. The first-order valence-electron chi connectivity index (χ1n) is 8.53. The normalized spacial score (nSPS) is 29.4. The van der Waals surface area contributed by atoms with Gasteiger partial charge in [0, 0.05) is 5.54 Å². The Bertz CT molecular complexity index is 786. The molecule has 4 nitrogen and oxygen atoms in total. The molecule has 2 N–H and O–H groups in total. The van der Waals surface area contributed by atoms with Crippen LogP contribution in [-0.4, -0.2) is 36.1 Å². The second-order valence-electron chi connectivity index (χ2n) is 7.68. The first kappa shape index (κ1) is 19.7. The van der Waals surface area contributed by atoms with Crippen LogP contribution in [0.4, 0.5) is 32.0 Å². The highest BCUT2D eigenvalue weighted by atomic mass is 32.2. The maximum absolute atomic E-state index is 13.0. The molecule has 4 aliphatic rings. The van der Waals surface area contributed by atoms with Gasteiger partial charge in [0.2, 0.25) is 0 Å². The number of amides is 1. The fourth-order valence-corrected chi connectivity index (χ4v) is 4.76. The first-order chi connectivity index (χ1) is 12.9. The van der Waals surface area contributed by atoms with Crippen LogP contribution in [0.25, 0.3) is 0 Å². The summed E-state index contributed by atoms with van der Waals surface area (Å²) in [5, 5.41) is 2.64. The quantitative estimate of drug-likeness (QED) is 0.542. The number of anilines is 1. The van der Waals surface area contributed by atoms with Gasteiger partial charge in [0.25, 0.3) is 5.91 Å². The van der Waals surface area contributed by atoms with Crippen LogP contribution < -0.4 is 10.0 Å². The Morgan fingerprint density at radius 3 is 2.25 bits per heavy atom. The monoisotopic (exact) mass is 426 g/mol. The Morgan fingerprint density at radius 1 is 1.11 bits per heavy atom. The SMILES string of the molecule is O=C(NC12CC(C(F)(F)F)(C1)C2)c1cc(C(F)(F)F)ccc1NSC1COC1. The molecule has 2 bridgehead atoms. The summed E-state index contributed by atoms with van der Waals surface area (Å²) in [4.78, 5) is 12.6. The minimum absolute atomic E-state index is 0.113. The molecule has 0 radical (unpaired) electrons. The van der Waals surface area contributed by atoms with Gasteiger partial charge >= 0.3 is 12.4 Å². The zero-order valence-corrected chi connectivity index (χ0v) is 15.2. The molecule has 0 atom stereocenters. The van der Waals surface area contributed by atoms with Crippen LogP contribution in [0.1, 0.15) is 35.2 Å². The van der Waals surface area contributed by atoms with Crippen molar-refractivity contribution in [3.8, 4) is 0 Å². The fourth-order valence-electron chi connectivity index (χ4n) is 3.96. The number of halogens is 6. The third-order valence-corrected chi connectivity index (χ3v) is 6.49. The fraction of sp³-hybridized carbons (Fsp3) is 0.588. The van der Waals surface area contributed by atoms with E-state index in [2.05, 4.69) is 10.0 Å². The second-order valence-corrected chi connectivity index (χ2v) is 8.79. The van der Waals surface area contributed by atoms with Crippen molar-refractivity contribution < 1.29 is 35.9 Å². The van der Waals surface area contributed by atoms with E-state index in [4.69, 9.17) is 4.74 Å². The summed E-state index contributed by atoms with van der Waals surface area (Å²) in [5.74, 6) is -0.811. The molecule has 1 saturated heterocycles. The highest BCUT2D eigenvalue weighted by molar-refractivity contribution is 8.01. The number of carbonyl (C=O) groups is 1. The Kier molecular flexibility index (Phi) is 4.35. The van der Waals surface area contributed by atoms with Crippen molar-refractivity contribution in [3.05, 3.63) is 29.3 Å². The highest BCUT2D eigenvalue weighted by Crippen LogP contribution is 2.73. The maximum Gasteiger partial charge on any atom is 0.416 e. The lowest BCUT2D eigenvalue weighted by Gasteiger charge is -2.70. The summed E-state index contributed by atoms with van der Waals surface area (Å²) in [6.45, 7) is 0.977. The van der Waals surface area contributed by atoms with Crippen LogP contribution in [0.15, 0.2) is 18.2 Å². The molecule has 154 valence electrons. The lowest BCUT2D eigenvalue weighted by atomic mass is 9.39. The van der Waals surface area contributed by atoms with Gasteiger partial charge in [0.1, 0.15) is 0 Å². The van der Waals surface area contributed by atoms with Gasteiger partial charge in [-0.1, -0.05) is 0 Å². The summed E-state index contributed by atoms with van der Waals surface area (Å²) < 4.78 is 85.9. The molecule has 1 aromatic rings. The van der Waals surface area contributed by atoms with Crippen molar-refractivity contribution >= 4 is 23.5 Å². The summed E-state index contributed by atoms with van der Waals surface area (Å²) in [7, 11) is 0. The molecule has 0 aromatic heterocycles. The average molecular weight is 426 g/mol. The van der Waals surface area contributed by atoms with Gasteiger partial charge in [-0.05, 0) is 49.4 Å². The molecule has 1 heterocycles. The third kappa shape index (κ3) is 3.22. The van der Waals surface area contributed by atoms with Gasteiger partial charge in [0.15, 0.2) is 0 Å². The van der Waals surface area contributed by atoms with E-state index in [1.165, 1.54) is 11.9 Å². The van der Waals surface area contributed by atoms with Gasteiger partial charge < -0.3 is 14.8 Å². The molecular formula is C17H16F6N2O2S. The molecular weight excluding hydrogens is 410 g/mol. The van der Waals surface area contributed by atoms with E-state index >= 15 is 0 Å². The molecule has 11 heteroatoms. The van der Waals surface area contributed by atoms with Crippen molar-refractivity contribution in [1.29, 1.82) is 0 Å². The van der Waals surface area contributed by atoms with Crippen LogP contribution in [0.5, 0.6) is 0 Å². The van der Waals surface area contributed by atoms with Gasteiger partial charge in [-0.2, -0.15) is 26.3 Å². The number of alkyl halides is 6. The Balaban J connectivity index is 1.50. The molecule has 0 spiro atoms. The van der Waals surface area contributed by atoms with E-state index < -0.39 is 34.8 Å². The summed E-state index contributed by atoms with van der Waals surface area (Å²) >= 11 is 1.23. The Hall–Kier alpha value is -1.62. The standard InChI is InChI=1S/C17H16F6N2O2S/c18-16(19,20)9-1-2-12(25-28-10-4-27-5-10)11(3-9)13(26)24-15-6-14(7-15,8-15)17(21,22)23/h1-3,10,25H,4-8H2,(H,24,26). The lowest BCUT2D eigenvalue weighted by molar-refractivity contribution is -0.336. The largest absolute Gasteiger partial charge is 0.416 e. The molecule has 1 aromatic carbocycles. The van der Waals surface area contributed by atoms with E-state index in [1.807, 2.05) is 0 Å². The number of hydrogen-bond donors (Lipinski definition) is 2. The molecule has 0 unspecified atom stereocenters. The van der Waals surface area contributed by atoms with E-state index in [0.29, 0.717) is 13.2 Å². The Morgan fingerprint density at radius 2 is 1.75 bits per heavy atom. The predicted octanol–water partition coefficient (Wildman–Crippen LogP) is 4.38. The van der Waals surface area contributed by atoms with Crippen molar-refractivity contribution in [2.24, 2.45) is 5.41 Å². The van der Waals surface area contributed by atoms with Crippen LogP contribution >= 0.6 is 11.9 Å². The van der Waals surface area contributed by atoms with Gasteiger partial charge in [-0.15, -0.1) is 0 Å². The topological polar surface area (TPSA) is 50.4 Å². The van der Waals surface area contributed by atoms with E-state index in [0.717, 1.165) is 18.2 Å². The minimum atomic E-state index is -4.64. The van der Waals surface area contributed by atoms with Crippen LogP contribution in [0.2, 0.25) is 0 Å². The number of carbonyl (C=O) groups excluding carboxylic acids is 1. The number of hydrogen-bond acceptors (Lipinski definition) is 4. The number of nitrogens with one attached hydrogen (secondary N) is 2. The van der Waals surface area contributed by atoms with Crippen molar-refractivity contribution in [1.82, 2.24) is 5.32 Å². The second kappa shape index (κ2) is 6.19. The Labute approximate surface area is 160 Å². The zero-order chi connectivity index (χ0) is 20.4. The average Bonchev–Trinajstić information content (AvgIpc) is 2.45. The highest BCUT2D eigenvalue weighted by Gasteiger charge is 2.79. The van der Waals surface area contributed by atoms with Crippen molar-refractivity contribution in [3.63, 3.8) is 0 Å². The summed E-state index contributed by atoms with van der Waals surface area (Å²) in [6.07, 6.45) is -9.66. The molecule has 1 aliphatic heterocycles. The van der Waals surface area contributed by atoms with Gasteiger partial charge in [0.05, 0.1) is 40.7 Å². The smallest absolute Gasteiger partial charge is 0.379 e. The molecule has 1 amide bonds. The first-order valence-corrected chi connectivity index (χ1v) is 9.41. The molecule has 5 rings (SSSR count). The summed E-state index contributed by atoms with van der Waals surface area (Å²) in [5.41, 5.74) is -3.79. The van der Waals surface area contributed by atoms with Gasteiger partial charge in [-0.3, -0.25) is 4.79 Å². The van der Waals surface area contributed by atoms with Crippen LogP contribution in [0.3, 0.4) is 0 Å². The van der Waals surface area contributed by atoms with E-state index in [1.54, 1.807) is 0 Å².